The average Bonchev–Trinajstić information content (AvgIpc) is 3.32. The van der Waals surface area contributed by atoms with E-state index in [1.165, 1.54) is 39.2 Å². The summed E-state index contributed by atoms with van der Waals surface area (Å²) in [6, 6.07) is 23.1. The molecular formula is C42H51N3O2. The molecule has 0 fully saturated rings. The summed E-state index contributed by atoms with van der Waals surface area (Å²) in [6.45, 7) is 10.8. The molecule has 4 aromatic rings. The number of hydrogen-bond donors (Lipinski definition) is 0. The van der Waals surface area contributed by atoms with E-state index in [0.717, 1.165) is 73.6 Å². The largest absolute Gasteiger partial charge is 0.347 e. The molecule has 0 aliphatic carbocycles. The maximum atomic E-state index is 14.9. The van der Waals surface area contributed by atoms with Crippen molar-refractivity contribution >= 4 is 11.8 Å². The molecule has 1 atom stereocenters. The lowest BCUT2D eigenvalue weighted by Gasteiger charge is -2.36. The Morgan fingerprint density at radius 2 is 1.49 bits per heavy atom. The van der Waals surface area contributed by atoms with Gasteiger partial charge in [-0.1, -0.05) is 81.3 Å². The molecule has 47 heavy (non-hydrogen) atoms. The summed E-state index contributed by atoms with van der Waals surface area (Å²) in [5.74, 6) is 0.230. The van der Waals surface area contributed by atoms with E-state index in [-0.39, 0.29) is 17.9 Å². The second kappa shape index (κ2) is 14.3. The van der Waals surface area contributed by atoms with E-state index in [1.54, 1.807) is 0 Å². The van der Waals surface area contributed by atoms with Crippen molar-refractivity contribution in [2.45, 2.75) is 105 Å². The quantitative estimate of drug-likeness (QED) is 0.177. The van der Waals surface area contributed by atoms with Crippen molar-refractivity contribution in [3.8, 4) is 11.3 Å². The summed E-state index contributed by atoms with van der Waals surface area (Å²) in [4.78, 5) is 32.4. The van der Waals surface area contributed by atoms with Gasteiger partial charge >= 0.3 is 0 Å². The molecule has 5 nitrogen and oxygen atoms in total. The molecule has 2 aliphatic heterocycles. The first-order chi connectivity index (χ1) is 22.8. The Morgan fingerprint density at radius 3 is 2.21 bits per heavy atom. The van der Waals surface area contributed by atoms with Gasteiger partial charge in [0.25, 0.3) is 5.91 Å². The molecule has 3 heterocycles. The van der Waals surface area contributed by atoms with Crippen LogP contribution in [0.3, 0.4) is 0 Å². The van der Waals surface area contributed by atoms with Crippen LogP contribution in [-0.4, -0.2) is 38.8 Å². The van der Waals surface area contributed by atoms with E-state index < -0.39 is 0 Å². The lowest BCUT2D eigenvalue weighted by Crippen LogP contribution is -2.43. The van der Waals surface area contributed by atoms with Gasteiger partial charge < -0.3 is 14.4 Å². The fourth-order valence-corrected chi connectivity index (χ4v) is 7.77. The summed E-state index contributed by atoms with van der Waals surface area (Å²) in [6.07, 6.45) is 8.72. The number of unbranched alkanes of at least 4 members (excludes halogenated alkanes) is 2. The number of benzene rings is 3. The predicted molar refractivity (Wildman–Crippen MR) is 192 cm³/mol. The number of nitrogens with zero attached hydrogens (tertiary/aromatic N) is 3. The van der Waals surface area contributed by atoms with Crippen LogP contribution >= 0.6 is 0 Å². The number of hydrogen-bond acceptors (Lipinski definition) is 2. The standard InChI is InChI=1S/C42H51N3O2/c1-6-8-19-36-30(4)43(5)41(37(36)20-9-7-2)38-25-33-21-22-44(40(46)24-31-15-11-10-12-16-31)27-35(33)26-39(38)42(47)45-28-34-18-14-13-17-32(34)23-29(45)3/h10-18,25-26,29H,6-9,19-24,27-28H2,1-5H3/t29-/m1/s1. The maximum absolute atomic E-state index is 14.9. The molecule has 0 saturated heterocycles. The summed E-state index contributed by atoms with van der Waals surface area (Å²) in [5.41, 5.74) is 13.2. The first-order valence-electron chi connectivity index (χ1n) is 17.8. The van der Waals surface area contributed by atoms with Crippen LogP contribution in [0.15, 0.2) is 66.7 Å². The van der Waals surface area contributed by atoms with Gasteiger partial charge in [-0.3, -0.25) is 9.59 Å². The van der Waals surface area contributed by atoms with Crippen LogP contribution in [0.1, 0.15) is 101 Å². The minimum atomic E-state index is 0.0907. The van der Waals surface area contributed by atoms with Gasteiger partial charge in [0.1, 0.15) is 0 Å². The van der Waals surface area contributed by atoms with Gasteiger partial charge in [-0.15, -0.1) is 0 Å². The lowest BCUT2D eigenvalue weighted by atomic mass is 9.87. The third-order valence-electron chi connectivity index (χ3n) is 10.6. The van der Waals surface area contributed by atoms with Crippen molar-refractivity contribution in [2.75, 3.05) is 6.54 Å². The van der Waals surface area contributed by atoms with E-state index in [4.69, 9.17) is 0 Å². The van der Waals surface area contributed by atoms with E-state index in [1.807, 2.05) is 35.2 Å². The molecule has 0 saturated carbocycles. The van der Waals surface area contributed by atoms with Gasteiger partial charge in [0.2, 0.25) is 5.91 Å². The zero-order valence-corrected chi connectivity index (χ0v) is 29.1. The van der Waals surface area contributed by atoms with Gasteiger partial charge in [-0.2, -0.15) is 0 Å². The molecular weight excluding hydrogens is 578 g/mol. The van der Waals surface area contributed by atoms with Crippen molar-refractivity contribution in [3.63, 3.8) is 0 Å². The Kier molecular flexibility index (Phi) is 10.0. The smallest absolute Gasteiger partial charge is 0.255 e. The lowest BCUT2D eigenvalue weighted by molar-refractivity contribution is -0.131. The second-order valence-electron chi connectivity index (χ2n) is 13.8. The van der Waals surface area contributed by atoms with Crippen LogP contribution in [0.5, 0.6) is 0 Å². The van der Waals surface area contributed by atoms with E-state index in [0.29, 0.717) is 26.1 Å². The molecule has 2 amide bonds. The van der Waals surface area contributed by atoms with E-state index in [9.17, 15) is 9.59 Å². The molecule has 0 bridgehead atoms. The van der Waals surface area contributed by atoms with Crippen molar-refractivity contribution < 1.29 is 9.59 Å². The highest BCUT2D eigenvalue weighted by atomic mass is 16.2. The third-order valence-corrected chi connectivity index (χ3v) is 10.6. The van der Waals surface area contributed by atoms with Gasteiger partial charge in [0.05, 0.1) is 12.1 Å². The number of aromatic nitrogens is 1. The third kappa shape index (κ3) is 6.68. The van der Waals surface area contributed by atoms with Gasteiger partial charge in [-0.25, -0.2) is 0 Å². The summed E-state index contributed by atoms with van der Waals surface area (Å²) in [5, 5.41) is 0. The van der Waals surface area contributed by atoms with Crippen molar-refractivity contribution in [2.24, 2.45) is 7.05 Å². The van der Waals surface area contributed by atoms with Gasteiger partial charge in [0.15, 0.2) is 0 Å². The topological polar surface area (TPSA) is 45.6 Å². The Labute approximate surface area is 281 Å². The fourth-order valence-electron chi connectivity index (χ4n) is 7.77. The van der Waals surface area contributed by atoms with Gasteiger partial charge in [0, 0.05) is 49.5 Å². The molecule has 0 N–H and O–H groups in total. The monoisotopic (exact) mass is 629 g/mol. The maximum Gasteiger partial charge on any atom is 0.255 e. The molecule has 3 aromatic carbocycles. The average molecular weight is 630 g/mol. The molecule has 0 spiro atoms. The van der Waals surface area contributed by atoms with Crippen LogP contribution in [0.4, 0.5) is 0 Å². The highest BCUT2D eigenvalue weighted by molar-refractivity contribution is 6.02. The predicted octanol–water partition coefficient (Wildman–Crippen LogP) is 8.40. The van der Waals surface area contributed by atoms with E-state index >= 15 is 0 Å². The molecule has 1 aromatic heterocycles. The zero-order chi connectivity index (χ0) is 33.1. The minimum Gasteiger partial charge on any atom is -0.347 e. The number of rotatable bonds is 10. The van der Waals surface area contributed by atoms with Crippen molar-refractivity contribution in [1.29, 1.82) is 0 Å². The highest BCUT2D eigenvalue weighted by Crippen LogP contribution is 2.39. The van der Waals surface area contributed by atoms with Crippen molar-refractivity contribution in [3.05, 3.63) is 117 Å². The number of amides is 2. The Morgan fingerprint density at radius 1 is 0.809 bits per heavy atom. The number of fused-ring (bicyclic) bond motifs is 2. The zero-order valence-electron chi connectivity index (χ0n) is 29.1. The normalized spacial score (nSPS) is 15.8. The fraction of sp³-hybridized carbons (Fsp3) is 0.429. The summed E-state index contributed by atoms with van der Waals surface area (Å²) in [7, 11) is 2.19. The van der Waals surface area contributed by atoms with Crippen LogP contribution in [-0.2, 0) is 57.0 Å². The highest BCUT2D eigenvalue weighted by Gasteiger charge is 2.32. The van der Waals surface area contributed by atoms with Crippen LogP contribution < -0.4 is 0 Å². The molecule has 246 valence electrons. The molecule has 6 rings (SSSR count). The number of carbonyl (C=O) groups is 2. The second-order valence-corrected chi connectivity index (χ2v) is 13.8. The summed E-state index contributed by atoms with van der Waals surface area (Å²) < 4.78 is 2.36. The Bertz CT molecular complexity index is 1750. The van der Waals surface area contributed by atoms with Crippen molar-refractivity contribution in [1.82, 2.24) is 14.4 Å². The minimum absolute atomic E-state index is 0.0907. The van der Waals surface area contributed by atoms with Crippen LogP contribution in [0.25, 0.3) is 11.3 Å². The Hall–Kier alpha value is -4.12. The Balaban J connectivity index is 1.44. The molecule has 5 heteroatoms. The first kappa shape index (κ1) is 32.8. The number of carbonyl (C=O) groups excluding carboxylic acids is 2. The van der Waals surface area contributed by atoms with Crippen LogP contribution in [0, 0.1) is 6.92 Å². The SMILES string of the molecule is CCCCc1c(CCCC)c(-c2cc3c(cc2C(=O)N2Cc4ccccc4C[C@H]2C)CN(C(=O)Cc2ccccc2)CC3)n(C)c1C. The molecule has 2 aliphatic rings. The van der Waals surface area contributed by atoms with Crippen LogP contribution in [0.2, 0.25) is 0 Å². The van der Waals surface area contributed by atoms with Gasteiger partial charge in [-0.05, 0) is 103 Å². The molecule has 0 radical (unpaired) electrons. The first-order valence-corrected chi connectivity index (χ1v) is 17.8. The summed E-state index contributed by atoms with van der Waals surface area (Å²) >= 11 is 0. The molecule has 0 unspecified atom stereocenters. The van der Waals surface area contributed by atoms with E-state index in [2.05, 4.69) is 80.6 Å².